The van der Waals surface area contributed by atoms with Gasteiger partial charge < -0.3 is 9.84 Å². The number of aliphatic carboxylic acids is 1. The summed E-state index contributed by atoms with van der Waals surface area (Å²) in [4.78, 5) is 10.6. The zero-order valence-electron chi connectivity index (χ0n) is 8.05. The van der Waals surface area contributed by atoms with Gasteiger partial charge in [-0.25, -0.2) is 10.6 Å². The van der Waals surface area contributed by atoms with Crippen molar-refractivity contribution in [3.05, 3.63) is 24.3 Å². The van der Waals surface area contributed by atoms with Crippen molar-refractivity contribution >= 4 is 23.3 Å². The molecule has 0 aromatic heterocycles. The number of halogens is 1. The molecule has 5 nitrogen and oxygen atoms in total. The Bertz CT molecular complexity index is 342. The summed E-state index contributed by atoms with van der Waals surface area (Å²) in [6.45, 7) is 0. The first-order chi connectivity index (χ1) is 7.06. The van der Waals surface area contributed by atoms with Gasteiger partial charge in [-0.3, -0.25) is 5.01 Å². The molecule has 0 aliphatic rings. The van der Waals surface area contributed by atoms with E-state index in [4.69, 9.17) is 27.3 Å². The minimum Gasteiger partial charge on any atom is -0.497 e. The fraction of sp³-hybridized carbons (Fsp3) is 0.222. The van der Waals surface area contributed by atoms with E-state index < -0.39 is 11.5 Å². The second-order valence-corrected chi connectivity index (χ2v) is 3.19. The number of ether oxygens (including phenoxy) is 1. The highest BCUT2D eigenvalue weighted by Crippen LogP contribution is 2.19. The third-order valence-electron chi connectivity index (χ3n) is 1.82. The lowest BCUT2D eigenvalue weighted by Crippen LogP contribution is -2.42. The van der Waals surface area contributed by atoms with Crippen molar-refractivity contribution in [2.75, 3.05) is 12.1 Å². The Morgan fingerprint density at radius 3 is 2.47 bits per heavy atom. The lowest BCUT2D eigenvalue weighted by atomic mass is 10.3. The molecule has 0 spiro atoms. The van der Waals surface area contributed by atoms with E-state index in [0.29, 0.717) is 11.4 Å². The lowest BCUT2D eigenvalue weighted by molar-refractivity contribution is -0.136. The highest BCUT2D eigenvalue weighted by atomic mass is 35.5. The molecule has 1 unspecified atom stereocenters. The predicted octanol–water partition coefficient (Wildman–Crippen LogP) is 1.02. The van der Waals surface area contributed by atoms with E-state index in [9.17, 15) is 4.79 Å². The average Bonchev–Trinajstić information content (AvgIpc) is 2.27. The summed E-state index contributed by atoms with van der Waals surface area (Å²) >= 11 is 5.54. The number of nitrogens with zero attached hydrogens (tertiary/aromatic N) is 1. The number of alkyl halides is 1. The molecule has 0 aliphatic heterocycles. The maximum atomic E-state index is 10.6. The van der Waals surface area contributed by atoms with Gasteiger partial charge in [0.1, 0.15) is 5.75 Å². The number of hydrogen-bond donors (Lipinski definition) is 2. The van der Waals surface area contributed by atoms with Gasteiger partial charge in [-0.15, -0.1) is 0 Å². The zero-order chi connectivity index (χ0) is 11.4. The van der Waals surface area contributed by atoms with Crippen LogP contribution in [0.5, 0.6) is 5.75 Å². The van der Waals surface area contributed by atoms with Gasteiger partial charge in [-0.1, -0.05) is 11.6 Å². The third kappa shape index (κ3) is 2.74. The van der Waals surface area contributed by atoms with E-state index in [1.165, 1.54) is 7.11 Å². The van der Waals surface area contributed by atoms with Crippen LogP contribution in [-0.2, 0) is 4.79 Å². The van der Waals surface area contributed by atoms with Gasteiger partial charge in [-0.05, 0) is 24.3 Å². The molecule has 3 N–H and O–H groups in total. The Kier molecular flexibility index (Phi) is 3.76. The number of nitrogens with two attached hydrogens (primary N) is 1. The van der Waals surface area contributed by atoms with E-state index in [2.05, 4.69) is 0 Å². The normalized spacial score (nSPS) is 11.9. The van der Waals surface area contributed by atoms with Gasteiger partial charge in [0.05, 0.1) is 12.8 Å². The largest absolute Gasteiger partial charge is 0.497 e. The van der Waals surface area contributed by atoms with E-state index in [1.807, 2.05) is 0 Å². The number of carboxylic acids is 1. The summed E-state index contributed by atoms with van der Waals surface area (Å²) in [6.07, 6.45) is 0. The first-order valence-corrected chi connectivity index (χ1v) is 4.54. The highest BCUT2D eigenvalue weighted by Gasteiger charge is 2.20. The fourth-order valence-electron chi connectivity index (χ4n) is 1.00. The van der Waals surface area contributed by atoms with E-state index in [0.717, 1.165) is 5.01 Å². The van der Waals surface area contributed by atoms with E-state index >= 15 is 0 Å². The molecule has 6 heteroatoms. The van der Waals surface area contributed by atoms with Crippen molar-refractivity contribution in [2.24, 2.45) is 5.84 Å². The fourth-order valence-corrected chi connectivity index (χ4v) is 1.12. The molecule has 0 bridgehead atoms. The van der Waals surface area contributed by atoms with Crippen LogP contribution in [0.1, 0.15) is 0 Å². The van der Waals surface area contributed by atoms with Gasteiger partial charge in [0, 0.05) is 0 Å². The van der Waals surface area contributed by atoms with Crippen molar-refractivity contribution in [1.82, 2.24) is 0 Å². The second-order valence-electron chi connectivity index (χ2n) is 2.78. The number of hydrazine groups is 1. The third-order valence-corrected chi connectivity index (χ3v) is 2.22. The molecular weight excluding hydrogens is 220 g/mol. The molecule has 1 aromatic rings. The second kappa shape index (κ2) is 4.86. The van der Waals surface area contributed by atoms with Crippen LogP contribution in [0.15, 0.2) is 24.3 Å². The summed E-state index contributed by atoms with van der Waals surface area (Å²) in [5.74, 6) is 4.97. The van der Waals surface area contributed by atoms with Crippen LogP contribution >= 0.6 is 11.6 Å². The van der Waals surface area contributed by atoms with Gasteiger partial charge >= 0.3 is 5.97 Å². The molecule has 1 aromatic carbocycles. The Balaban J connectivity index is 2.82. The monoisotopic (exact) mass is 230 g/mol. The van der Waals surface area contributed by atoms with Crippen molar-refractivity contribution in [2.45, 2.75) is 5.50 Å². The van der Waals surface area contributed by atoms with E-state index in [-0.39, 0.29) is 0 Å². The first-order valence-electron chi connectivity index (χ1n) is 4.11. The van der Waals surface area contributed by atoms with E-state index in [1.54, 1.807) is 24.3 Å². The van der Waals surface area contributed by atoms with Crippen LogP contribution < -0.4 is 15.6 Å². The summed E-state index contributed by atoms with van der Waals surface area (Å²) in [7, 11) is 1.54. The Labute approximate surface area is 92.0 Å². The smallest absolute Gasteiger partial charge is 0.343 e. The van der Waals surface area contributed by atoms with Crippen molar-refractivity contribution in [3.8, 4) is 5.75 Å². The van der Waals surface area contributed by atoms with Crippen molar-refractivity contribution in [1.29, 1.82) is 0 Å². The summed E-state index contributed by atoms with van der Waals surface area (Å²) in [6, 6.07) is 6.58. The maximum Gasteiger partial charge on any atom is 0.343 e. The summed E-state index contributed by atoms with van der Waals surface area (Å²) in [5, 5.41) is 9.60. The molecule has 0 fully saturated rings. The Morgan fingerprint density at radius 2 is 2.07 bits per heavy atom. The number of anilines is 1. The lowest BCUT2D eigenvalue weighted by Gasteiger charge is -2.21. The van der Waals surface area contributed by atoms with Crippen LogP contribution in [0.2, 0.25) is 0 Å². The van der Waals surface area contributed by atoms with Gasteiger partial charge in [0.15, 0.2) is 0 Å². The Morgan fingerprint density at radius 1 is 1.53 bits per heavy atom. The van der Waals surface area contributed by atoms with Crippen LogP contribution in [0.4, 0.5) is 5.69 Å². The van der Waals surface area contributed by atoms with Crippen LogP contribution in [0.3, 0.4) is 0 Å². The number of carbonyl (C=O) groups is 1. The maximum absolute atomic E-state index is 10.6. The number of methoxy groups -OCH3 is 1. The number of benzene rings is 1. The predicted molar refractivity (Wildman–Crippen MR) is 56.9 cm³/mol. The van der Waals surface area contributed by atoms with Crippen LogP contribution in [0.25, 0.3) is 0 Å². The van der Waals surface area contributed by atoms with Gasteiger partial charge in [0.2, 0.25) is 5.50 Å². The molecule has 0 heterocycles. The van der Waals surface area contributed by atoms with Crippen LogP contribution in [0, 0.1) is 0 Å². The molecule has 0 saturated carbocycles. The molecule has 0 saturated heterocycles. The van der Waals surface area contributed by atoms with Crippen molar-refractivity contribution < 1.29 is 14.6 Å². The van der Waals surface area contributed by atoms with Gasteiger partial charge in [0.25, 0.3) is 0 Å². The Hall–Kier alpha value is -1.46. The summed E-state index contributed by atoms with van der Waals surface area (Å²) < 4.78 is 4.95. The molecule has 0 aliphatic carbocycles. The minimum atomic E-state index is -1.29. The molecule has 1 atom stereocenters. The standard InChI is InChI=1S/C9H11ClN2O3/c1-15-7-4-2-6(3-5-7)12(11)8(10)9(13)14/h2-5,8H,11H2,1H3,(H,13,14). The SMILES string of the molecule is COc1ccc(N(N)C(Cl)C(=O)O)cc1. The quantitative estimate of drug-likeness (QED) is 0.350. The number of hydrogen-bond acceptors (Lipinski definition) is 4. The van der Waals surface area contributed by atoms with Crippen molar-refractivity contribution in [3.63, 3.8) is 0 Å². The molecule has 0 amide bonds. The number of carboxylic acid groups (broad SMARTS) is 1. The topological polar surface area (TPSA) is 75.8 Å². The highest BCUT2D eigenvalue weighted by molar-refractivity contribution is 6.30. The summed E-state index contributed by atoms with van der Waals surface area (Å²) in [5.41, 5.74) is -0.795. The number of rotatable bonds is 4. The molecule has 1 rings (SSSR count). The van der Waals surface area contributed by atoms with Gasteiger partial charge in [-0.2, -0.15) is 0 Å². The zero-order valence-corrected chi connectivity index (χ0v) is 8.81. The molecule has 15 heavy (non-hydrogen) atoms. The molecular formula is C9H11ClN2O3. The average molecular weight is 231 g/mol. The first kappa shape index (κ1) is 11.6. The molecule has 82 valence electrons. The minimum absolute atomic E-state index is 0.498. The molecule has 0 radical (unpaired) electrons. The van der Waals surface area contributed by atoms with Crippen LogP contribution in [-0.4, -0.2) is 23.7 Å².